The van der Waals surface area contributed by atoms with E-state index in [0.717, 1.165) is 12.8 Å². The highest BCUT2D eigenvalue weighted by Crippen LogP contribution is 2.35. The second-order valence-corrected chi connectivity index (χ2v) is 4.91. The van der Waals surface area contributed by atoms with Gasteiger partial charge >= 0.3 is 11.9 Å². The number of hydrogen-bond acceptors (Lipinski definition) is 4. The highest BCUT2D eigenvalue weighted by Gasteiger charge is 2.35. The molecule has 0 bridgehead atoms. The van der Waals surface area contributed by atoms with Crippen molar-refractivity contribution in [2.75, 3.05) is 6.61 Å². The monoisotopic (exact) mass is 258 g/mol. The van der Waals surface area contributed by atoms with E-state index in [9.17, 15) is 9.59 Å². The molecule has 0 fully saturated rings. The molecule has 0 rings (SSSR count). The summed E-state index contributed by atoms with van der Waals surface area (Å²) in [4.78, 5) is 23.4. The van der Waals surface area contributed by atoms with Gasteiger partial charge in [-0.1, -0.05) is 27.7 Å². The molecule has 0 radical (unpaired) electrons. The van der Waals surface area contributed by atoms with Gasteiger partial charge in [-0.05, 0) is 32.1 Å². The minimum absolute atomic E-state index is 0.0918. The molecule has 0 aromatic heterocycles. The number of rotatable bonds is 7. The van der Waals surface area contributed by atoms with Crippen molar-refractivity contribution in [2.24, 2.45) is 11.3 Å². The largest absolute Gasteiger partial charge is 0.463 e. The molecular weight excluding hydrogens is 232 g/mol. The van der Waals surface area contributed by atoms with Crippen LogP contribution in [0.15, 0.2) is 0 Å². The third-order valence-electron chi connectivity index (χ3n) is 3.93. The molecule has 18 heavy (non-hydrogen) atoms. The van der Waals surface area contributed by atoms with Crippen LogP contribution >= 0.6 is 0 Å². The zero-order chi connectivity index (χ0) is 14.3. The predicted molar refractivity (Wildman–Crippen MR) is 70.0 cm³/mol. The fourth-order valence-corrected chi connectivity index (χ4v) is 1.73. The fourth-order valence-electron chi connectivity index (χ4n) is 1.73. The van der Waals surface area contributed by atoms with Crippen LogP contribution in [0.5, 0.6) is 0 Å². The molecule has 2 unspecified atom stereocenters. The van der Waals surface area contributed by atoms with Crippen LogP contribution in [-0.2, 0) is 19.1 Å². The maximum absolute atomic E-state index is 12.0. The van der Waals surface area contributed by atoms with E-state index in [1.807, 2.05) is 6.92 Å². The van der Waals surface area contributed by atoms with Crippen molar-refractivity contribution >= 4 is 11.9 Å². The maximum Gasteiger partial charge on any atom is 0.347 e. The Hall–Kier alpha value is -1.06. The van der Waals surface area contributed by atoms with Crippen molar-refractivity contribution in [1.82, 2.24) is 0 Å². The van der Waals surface area contributed by atoms with Gasteiger partial charge in [0, 0.05) is 0 Å². The molecule has 0 aliphatic heterocycles. The Bertz CT molecular complexity index is 282. The molecule has 4 nitrogen and oxygen atoms in total. The molecule has 0 aromatic carbocycles. The average Bonchev–Trinajstić information content (AvgIpc) is 2.36. The molecule has 4 heteroatoms. The first-order valence-electron chi connectivity index (χ1n) is 6.69. The van der Waals surface area contributed by atoms with Crippen molar-refractivity contribution in [3.8, 4) is 0 Å². The molecule has 0 saturated heterocycles. The summed E-state index contributed by atoms with van der Waals surface area (Å²) >= 11 is 0. The lowest BCUT2D eigenvalue weighted by molar-refractivity contribution is -0.171. The first kappa shape index (κ1) is 16.9. The lowest BCUT2D eigenvalue weighted by atomic mass is 9.74. The van der Waals surface area contributed by atoms with Crippen LogP contribution in [0.3, 0.4) is 0 Å². The van der Waals surface area contributed by atoms with Crippen molar-refractivity contribution in [1.29, 1.82) is 0 Å². The number of hydrogen-bond donors (Lipinski definition) is 0. The topological polar surface area (TPSA) is 52.6 Å². The van der Waals surface area contributed by atoms with Crippen molar-refractivity contribution < 1.29 is 19.1 Å². The van der Waals surface area contributed by atoms with Crippen LogP contribution in [0.4, 0.5) is 0 Å². The summed E-state index contributed by atoms with van der Waals surface area (Å²) in [5.74, 6) is -1.06. The molecule has 0 N–H and O–H groups in total. The normalized spacial score (nSPS) is 14.8. The predicted octanol–water partition coefficient (Wildman–Crippen LogP) is 2.94. The lowest BCUT2D eigenvalue weighted by Gasteiger charge is -2.32. The lowest BCUT2D eigenvalue weighted by Crippen LogP contribution is -2.35. The number of carbonyl (C=O) groups is 2. The van der Waals surface area contributed by atoms with Gasteiger partial charge in [0.25, 0.3) is 0 Å². The third-order valence-corrected chi connectivity index (χ3v) is 3.93. The van der Waals surface area contributed by atoms with Crippen molar-refractivity contribution in [3.05, 3.63) is 0 Å². The average molecular weight is 258 g/mol. The number of esters is 2. The second-order valence-electron chi connectivity index (χ2n) is 4.91. The van der Waals surface area contributed by atoms with Gasteiger partial charge in [0.2, 0.25) is 0 Å². The van der Waals surface area contributed by atoms with Gasteiger partial charge in [0.1, 0.15) is 0 Å². The van der Waals surface area contributed by atoms with E-state index in [2.05, 4.69) is 20.8 Å². The molecule has 0 aliphatic carbocycles. The minimum Gasteiger partial charge on any atom is -0.463 e. The summed E-state index contributed by atoms with van der Waals surface area (Å²) in [5, 5.41) is 0. The van der Waals surface area contributed by atoms with E-state index in [-0.39, 0.29) is 23.9 Å². The Morgan fingerprint density at radius 1 is 1.06 bits per heavy atom. The van der Waals surface area contributed by atoms with Gasteiger partial charge in [0.15, 0.2) is 6.10 Å². The standard InChI is InChI=1S/C14H26O4/c1-7-14(6,8-2)10(4)12(15)18-11(5)13(16)17-9-3/h10-11H,7-9H2,1-6H3. The molecule has 0 amide bonds. The van der Waals surface area contributed by atoms with E-state index in [1.165, 1.54) is 6.92 Å². The van der Waals surface area contributed by atoms with E-state index in [4.69, 9.17) is 9.47 Å². The quantitative estimate of drug-likeness (QED) is 0.659. The molecule has 0 aliphatic rings. The molecule has 2 atom stereocenters. The Morgan fingerprint density at radius 2 is 1.56 bits per heavy atom. The number of carbonyl (C=O) groups excluding carboxylic acids is 2. The van der Waals surface area contributed by atoms with Gasteiger partial charge in [-0.3, -0.25) is 4.79 Å². The van der Waals surface area contributed by atoms with E-state index >= 15 is 0 Å². The zero-order valence-electron chi connectivity index (χ0n) is 12.4. The Labute approximate surface area is 110 Å². The first-order valence-corrected chi connectivity index (χ1v) is 6.69. The SMILES string of the molecule is CCOC(=O)C(C)OC(=O)C(C)C(C)(CC)CC. The summed E-state index contributed by atoms with van der Waals surface area (Å²) in [5.41, 5.74) is -0.0918. The molecule has 0 spiro atoms. The zero-order valence-corrected chi connectivity index (χ0v) is 12.4. The van der Waals surface area contributed by atoms with Crippen LogP contribution in [-0.4, -0.2) is 24.6 Å². The summed E-state index contributed by atoms with van der Waals surface area (Å²) < 4.78 is 9.97. The van der Waals surface area contributed by atoms with Gasteiger partial charge in [-0.15, -0.1) is 0 Å². The second kappa shape index (κ2) is 7.39. The fraction of sp³-hybridized carbons (Fsp3) is 0.857. The summed E-state index contributed by atoms with van der Waals surface area (Å²) in [6, 6.07) is 0. The smallest absolute Gasteiger partial charge is 0.347 e. The molecule has 0 saturated carbocycles. The van der Waals surface area contributed by atoms with Crippen molar-refractivity contribution in [2.45, 2.75) is 60.5 Å². The third kappa shape index (κ3) is 4.31. The van der Waals surface area contributed by atoms with Crippen LogP contribution in [0.1, 0.15) is 54.4 Å². The summed E-state index contributed by atoms with van der Waals surface area (Å²) in [7, 11) is 0. The summed E-state index contributed by atoms with van der Waals surface area (Å²) in [6.07, 6.45) is 0.957. The van der Waals surface area contributed by atoms with Crippen molar-refractivity contribution in [3.63, 3.8) is 0 Å². The Morgan fingerprint density at radius 3 is 1.94 bits per heavy atom. The Balaban J connectivity index is 4.53. The molecule has 106 valence electrons. The maximum atomic E-state index is 12.0. The number of ether oxygens (including phenoxy) is 2. The highest BCUT2D eigenvalue weighted by atomic mass is 16.6. The van der Waals surface area contributed by atoms with Gasteiger partial charge in [0.05, 0.1) is 12.5 Å². The highest BCUT2D eigenvalue weighted by molar-refractivity contribution is 5.80. The molecular formula is C14H26O4. The molecule has 0 heterocycles. The van der Waals surface area contributed by atoms with Gasteiger partial charge < -0.3 is 9.47 Å². The van der Waals surface area contributed by atoms with Crippen LogP contribution < -0.4 is 0 Å². The van der Waals surface area contributed by atoms with Crippen LogP contribution in [0.2, 0.25) is 0 Å². The summed E-state index contributed by atoms with van der Waals surface area (Å²) in [6.45, 7) is 11.6. The van der Waals surface area contributed by atoms with E-state index < -0.39 is 12.1 Å². The van der Waals surface area contributed by atoms with E-state index in [1.54, 1.807) is 6.92 Å². The minimum atomic E-state index is -0.835. The van der Waals surface area contributed by atoms with Gasteiger partial charge in [-0.25, -0.2) is 4.79 Å². The van der Waals surface area contributed by atoms with Crippen LogP contribution in [0.25, 0.3) is 0 Å². The van der Waals surface area contributed by atoms with Gasteiger partial charge in [-0.2, -0.15) is 0 Å². The van der Waals surface area contributed by atoms with Crippen LogP contribution in [0, 0.1) is 11.3 Å². The van der Waals surface area contributed by atoms with E-state index in [0.29, 0.717) is 0 Å². The Kier molecular flexibility index (Phi) is 6.96. The molecule has 0 aromatic rings. The first-order chi connectivity index (χ1) is 8.32.